The van der Waals surface area contributed by atoms with Crippen molar-refractivity contribution in [2.45, 2.75) is 52.1 Å². The number of nitrogens with zero attached hydrogens (tertiary/aromatic N) is 2. The molecule has 0 aliphatic carbocycles. The first kappa shape index (κ1) is 12.2. The van der Waals surface area contributed by atoms with Crippen molar-refractivity contribution in [1.29, 1.82) is 0 Å². The fourth-order valence-electron chi connectivity index (χ4n) is 1.73. The molecule has 0 spiro atoms. The number of hydrogen-bond donors (Lipinski definition) is 1. The van der Waals surface area contributed by atoms with Crippen LogP contribution in [0.4, 0.5) is 0 Å². The van der Waals surface area contributed by atoms with Crippen LogP contribution in [0, 0.1) is 0 Å². The van der Waals surface area contributed by atoms with Crippen molar-refractivity contribution >= 4 is 0 Å². The fraction of sp³-hybridized carbons (Fsp3) is 0.750. The average molecular weight is 209 g/mol. The van der Waals surface area contributed by atoms with Crippen molar-refractivity contribution in [3.05, 3.63) is 18.0 Å². The molecule has 1 aromatic heterocycles. The first-order chi connectivity index (χ1) is 7.26. The van der Waals surface area contributed by atoms with Gasteiger partial charge in [0.1, 0.15) is 0 Å². The summed E-state index contributed by atoms with van der Waals surface area (Å²) < 4.78 is 1.85. The van der Waals surface area contributed by atoms with Gasteiger partial charge in [0.2, 0.25) is 0 Å². The average Bonchev–Trinajstić information content (AvgIpc) is 2.65. The minimum absolute atomic E-state index is 0.658. The van der Waals surface area contributed by atoms with Crippen LogP contribution >= 0.6 is 0 Å². The molecule has 0 unspecified atom stereocenters. The second-order valence-corrected chi connectivity index (χ2v) is 4.15. The topological polar surface area (TPSA) is 29.9 Å². The Labute approximate surface area is 92.9 Å². The molecule has 0 aromatic carbocycles. The van der Waals surface area contributed by atoms with Crippen LogP contribution in [-0.4, -0.2) is 15.8 Å². The predicted octanol–water partition coefficient (Wildman–Crippen LogP) is 2.48. The Bertz CT molecular complexity index is 268. The van der Waals surface area contributed by atoms with Crippen LogP contribution in [0.15, 0.2) is 12.4 Å². The predicted molar refractivity (Wildman–Crippen MR) is 63.7 cm³/mol. The van der Waals surface area contributed by atoms with E-state index in [-0.39, 0.29) is 0 Å². The van der Waals surface area contributed by atoms with E-state index in [1.807, 2.05) is 17.9 Å². The second-order valence-electron chi connectivity index (χ2n) is 4.15. The standard InChI is InChI=1S/C12H23N3/c1-4-6-7-12(5-2)13-8-11-9-14-15(3)10-11/h9-10,12-13H,4-8H2,1-3H3/t12-/m1/s1. The van der Waals surface area contributed by atoms with Gasteiger partial charge < -0.3 is 5.32 Å². The third-order valence-electron chi connectivity index (χ3n) is 2.75. The smallest absolute Gasteiger partial charge is 0.0534 e. The van der Waals surface area contributed by atoms with Crippen molar-refractivity contribution in [1.82, 2.24) is 15.1 Å². The van der Waals surface area contributed by atoms with Gasteiger partial charge in [-0.3, -0.25) is 4.68 Å². The summed E-state index contributed by atoms with van der Waals surface area (Å²) >= 11 is 0. The number of rotatable bonds is 7. The molecule has 15 heavy (non-hydrogen) atoms. The first-order valence-corrected chi connectivity index (χ1v) is 5.97. The van der Waals surface area contributed by atoms with Crippen LogP contribution in [0.5, 0.6) is 0 Å². The molecule has 0 saturated carbocycles. The van der Waals surface area contributed by atoms with E-state index in [1.165, 1.54) is 31.2 Å². The number of aromatic nitrogens is 2. The first-order valence-electron chi connectivity index (χ1n) is 5.97. The molecule has 3 nitrogen and oxygen atoms in total. The maximum absolute atomic E-state index is 4.16. The van der Waals surface area contributed by atoms with Gasteiger partial charge in [-0.2, -0.15) is 5.10 Å². The summed E-state index contributed by atoms with van der Waals surface area (Å²) in [6.07, 6.45) is 9.09. The number of unbranched alkanes of at least 4 members (excludes halogenated alkanes) is 1. The minimum atomic E-state index is 0.658. The van der Waals surface area contributed by atoms with E-state index in [0.717, 1.165) is 6.54 Å². The zero-order valence-electron chi connectivity index (χ0n) is 10.2. The van der Waals surface area contributed by atoms with E-state index >= 15 is 0 Å². The summed E-state index contributed by atoms with van der Waals surface area (Å²) in [5, 5.41) is 7.74. The summed E-state index contributed by atoms with van der Waals surface area (Å²) in [7, 11) is 1.96. The lowest BCUT2D eigenvalue weighted by atomic mass is 10.1. The summed E-state index contributed by atoms with van der Waals surface area (Å²) in [6.45, 7) is 5.43. The molecule has 1 rings (SSSR count). The zero-order chi connectivity index (χ0) is 11.1. The van der Waals surface area contributed by atoms with Crippen molar-refractivity contribution in [2.24, 2.45) is 7.05 Å². The third kappa shape index (κ3) is 4.47. The van der Waals surface area contributed by atoms with Crippen LogP contribution in [0.25, 0.3) is 0 Å². The number of aryl methyl sites for hydroxylation is 1. The molecule has 0 fully saturated rings. The molecule has 0 aliphatic heterocycles. The van der Waals surface area contributed by atoms with Crippen molar-refractivity contribution < 1.29 is 0 Å². The highest BCUT2D eigenvalue weighted by atomic mass is 15.2. The molecule has 1 atom stereocenters. The zero-order valence-corrected chi connectivity index (χ0v) is 10.2. The molecule has 3 heteroatoms. The van der Waals surface area contributed by atoms with Crippen LogP contribution in [-0.2, 0) is 13.6 Å². The minimum Gasteiger partial charge on any atom is -0.310 e. The Balaban J connectivity index is 2.27. The Kier molecular flexibility index (Phi) is 5.40. The van der Waals surface area contributed by atoms with Crippen molar-refractivity contribution in [3.63, 3.8) is 0 Å². The summed E-state index contributed by atoms with van der Waals surface area (Å²) in [5.41, 5.74) is 1.27. The van der Waals surface area contributed by atoms with E-state index in [1.54, 1.807) is 0 Å². The molecular formula is C12H23N3. The Hall–Kier alpha value is -0.830. The monoisotopic (exact) mass is 209 g/mol. The number of hydrogen-bond acceptors (Lipinski definition) is 2. The third-order valence-corrected chi connectivity index (χ3v) is 2.75. The number of nitrogens with one attached hydrogen (secondary N) is 1. The molecule has 1 aromatic rings. The van der Waals surface area contributed by atoms with Gasteiger partial charge in [-0.1, -0.05) is 26.7 Å². The highest BCUT2D eigenvalue weighted by Crippen LogP contribution is 2.05. The van der Waals surface area contributed by atoms with Gasteiger partial charge in [0, 0.05) is 31.4 Å². The largest absolute Gasteiger partial charge is 0.310 e. The maximum Gasteiger partial charge on any atom is 0.0534 e. The fourth-order valence-corrected chi connectivity index (χ4v) is 1.73. The highest BCUT2D eigenvalue weighted by Gasteiger charge is 2.05. The molecule has 0 saturated heterocycles. The summed E-state index contributed by atoms with van der Waals surface area (Å²) in [6, 6.07) is 0.658. The summed E-state index contributed by atoms with van der Waals surface area (Å²) in [5.74, 6) is 0. The molecule has 0 radical (unpaired) electrons. The lowest BCUT2D eigenvalue weighted by Gasteiger charge is -2.15. The van der Waals surface area contributed by atoms with Crippen molar-refractivity contribution in [2.75, 3.05) is 0 Å². The van der Waals surface area contributed by atoms with E-state index in [0.29, 0.717) is 6.04 Å². The van der Waals surface area contributed by atoms with Crippen LogP contribution in [0.1, 0.15) is 45.1 Å². The maximum atomic E-state index is 4.16. The van der Waals surface area contributed by atoms with Crippen LogP contribution in [0.2, 0.25) is 0 Å². The molecule has 86 valence electrons. The molecule has 0 bridgehead atoms. The quantitative estimate of drug-likeness (QED) is 0.747. The van der Waals surface area contributed by atoms with E-state index in [9.17, 15) is 0 Å². The molecule has 1 heterocycles. The van der Waals surface area contributed by atoms with Gasteiger partial charge in [0.15, 0.2) is 0 Å². The lowest BCUT2D eigenvalue weighted by Crippen LogP contribution is -2.27. The van der Waals surface area contributed by atoms with Gasteiger partial charge in [-0.15, -0.1) is 0 Å². The molecule has 0 aliphatic rings. The molecule has 0 amide bonds. The highest BCUT2D eigenvalue weighted by molar-refractivity contribution is 5.03. The van der Waals surface area contributed by atoms with Crippen molar-refractivity contribution in [3.8, 4) is 0 Å². The van der Waals surface area contributed by atoms with Crippen LogP contribution in [0.3, 0.4) is 0 Å². The summed E-state index contributed by atoms with van der Waals surface area (Å²) in [4.78, 5) is 0. The van der Waals surface area contributed by atoms with E-state index in [2.05, 4.69) is 30.5 Å². The van der Waals surface area contributed by atoms with Crippen LogP contribution < -0.4 is 5.32 Å². The van der Waals surface area contributed by atoms with Gasteiger partial charge in [0.05, 0.1) is 6.20 Å². The van der Waals surface area contributed by atoms with Gasteiger partial charge in [-0.05, 0) is 12.8 Å². The van der Waals surface area contributed by atoms with Gasteiger partial charge in [0.25, 0.3) is 0 Å². The Morgan fingerprint density at radius 2 is 2.27 bits per heavy atom. The Morgan fingerprint density at radius 3 is 2.80 bits per heavy atom. The van der Waals surface area contributed by atoms with E-state index in [4.69, 9.17) is 0 Å². The SMILES string of the molecule is CCCC[C@@H](CC)NCc1cnn(C)c1. The molecule has 1 N–H and O–H groups in total. The normalized spacial score (nSPS) is 13.0. The molecular weight excluding hydrogens is 186 g/mol. The van der Waals surface area contributed by atoms with Gasteiger partial charge in [-0.25, -0.2) is 0 Å². The lowest BCUT2D eigenvalue weighted by molar-refractivity contribution is 0.452. The second kappa shape index (κ2) is 6.62. The van der Waals surface area contributed by atoms with Gasteiger partial charge >= 0.3 is 0 Å². The van der Waals surface area contributed by atoms with E-state index < -0.39 is 0 Å². The Morgan fingerprint density at radius 1 is 1.47 bits per heavy atom.